The summed E-state index contributed by atoms with van der Waals surface area (Å²) in [6.07, 6.45) is 2.10. The van der Waals surface area contributed by atoms with Gasteiger partial charge in [0.15, 0.2) is 0 Å². The van der Waals surface area contributed by atoms with Crippen molar-refractivity contribution >= 4 is 17.3 Å². The molecule has 1 heterocycles. The quantitative estimate of drug-likeness (QED) is 0.946. The van der Waals surface area contributed by atoms with Gasteiger partial charge in [-0.15, -0.1) is 0 Å². The Balaban J connectivity index is 1.80. The van der Waals surface area contributed by atoms with E-state index in [9.17, 15) is 4.79 Å². The third-order valence-electron chi connectivity index (χ3n) is 4.30. The minimum atomic E-state index is -0.289. The summed E-state index contributed by atoms with van der Waals surface area (Å²) < 4.78 is 0. The molecule has 1 atom stereocenters. The van der Waals surface area contributed by atoms with Crippen molar-refractivity contribution in [2.45, 2.75) is 25.8 Å². The van der Waals surface area contributed by atoms with Crippen LogP contribution in [-0.4, -0.2) is 18.5 Å². The Labute approximate surface area is 136 Å². The summed E-state index contributed by atoms with van der Waals surface area (Å²) in [6, 6.07) is 17.1. The zero-order valence-electron chi connectivity index (χ0n) is 13.1. The molecule has 2 aromatic carbocycles. The molecule has 4 nitrogen and oxygen atoms in total. The molecule has 0 aromatic heterocycles. The molecule has 0 spiro atoms. The van der Waals surface area contributed by atoms with E-state index in [0.29, 0.717) is 11.3 Å². The summed E-state index contributed by atoms with van der Waals surface area (Å²) in [5.74, 6) is -0.0931. The fourth-order valence-electron chi connectivity index (χ4n) is 3.03. The second kappa shape index (κ2) is 6.53. The number of hydrogen-bond donors (Lipinski definition) is 1. The van der Waals surface area contributed by atoms with Gasteiger partial charge >= 0.3 is 0 Å². The zero-order chi connectivity index (χ0) is 16.2. The summed E-state index contributed by atoms with van der Waals surface area (Å²) in [6.45, 7) is 2.78. The molecule has 0 saturated carbocycles. The van der Waals surface area contributed by atoms with Crippen molar-refractivity contribution in [2.24, 2.45) is 0 Å². The van der Waals surface area contributed by atoms with E-state index in [1.54, 1.807) is 18.2 Å². The van der Waals surface area contributed by atoms with Crippen LogP contribution >= 0.6 is 0 Å². The number of rotatable bonds is 3. The fraction of sp³-hybridized carbons (Fsp3) is 0.263. The molecule has 1 N–H and O–H groups in total. The minimum absolute atomic E-state index is 0.0931. The number of para-hydroxylation sites is 2. The molecule has 4 heteroatoms. The average molecular weight is 305 g/mol. The predicted molar refractivity (Wildman–Crippen MR) is 91.4 cm³/mol. The zero-order valence-corrected chi connectivity index (χ0v) is 13.1. The van der Waals surface area contributed by atoms with Crippen LogP contribution in [0.5, 0.6) is 0 Å². The number of anilines is 2. The van der Waals surface area contributed by atoms with Gasteiger partial charge in [0.05, 0.1) is 11.3 Å². The van der Waals surface area contributed by atoms with Gasteiger partial charge in [0, 0.05) is 12.2 Å². The van der Waals surface area contributed by atoms with Crippen LogP contribution in [0.25, 0.3) is 0 Å². The first kappa shape index (κ1) is 15.1. The van der Waals surface area contributed by atoms with Gasteiger partial charge in [0.25, 0.3) is 0 Å². The molecule has 1 amide bonds. The number of nitrogens with one attached hydrogen (secondary N) is 1. The van der Waals surface area contributed by atoms with Crippen molar-refractivity contribution in [3.63, 3.8) is 0 Å². The molecule has 0 aliphatic carbocycles. The Morgan fingerprint density at radius 1 is 1.22 bits per heavy atom. The second-order valence-corrected chi connectivity index (χ2v) is 5.75. The Hall–Kier alpha value is -2.80. The van der Waals surface area contributed by atoms with Gasteiger partial charge < -0.3 is 10.2 Å². The topological polar surface area (TPSA) is 56.1 Å². The first-order chi connectivity index (χ1) is 11.2. The van der Waals surface area contributed by atoms with Gasteiger partial charge in [-0.3, -0.25) is 4.79 Å². The normalized spacial score (nSPS) is 14.5. The van der Waals surface area contributed by atoms with Crippen molar-refractivity contribution < 1.29 is 4.79 Å². The summed E-state index contributed by atoms with van der Waals surface area (Å²) in [5.41, 5.74) is 3.47. The Kier molecular flexibility index (Phi) is 4.29. The second-order valence-electron chi connectivity index (χ2n) is 5.75. The fourth-order valence-corrected chi connectivity index (χ4v) is 3.03. The van der Waals surface area contributed by atoms with E-state index in [1.165, 1.54) is 5.56 Å². The summed E-state index contributed by atoms with van der Waals surface area (Å²) in [5, 5.41) is 12.0. The molecule has 23 heavy (non-hydrogen) atoms. The highest BCUT2D eigenvalue weighted by molar-refractivity contribution is 5.97. The van der Waals surface area contributed by atoms with Crippen molar-refractivity contribution in [1.82, 2.24) is 0 Å². The van der Waals surface area contributed by atoms with Crippen molar-refractivity contribution in [3.05, 3.63) is 59.7 Å². The molecule has 1 aliphatic rings. The Morgan fingerprint density at radius 2 is 1.96 bits per heavy atom. The van der Waals surface area contributed by atoms with Crippen LogP contribution in [0.3, 0.4) is 0 Å². The maximum atomic E-state index is 12.6. The molecule has 0 fully saturated rings. The molecule has 2 aromatic rings. The molecular weight excluding hydrogens is 286 g/mol. The predicted octanol–water partition coefficient (Wildman–Crippen LogP) is 3.34. The lowest BCUT2D eigenvalue weighted by molar-refractivity contribution is -0.117. The molecular formula is C19H19N3O. The first-order valence-corrected chi connectivity index (χ1v) is 7.85. The molecule has 0 unspecified atom stereocenters. The first-order valence-electron chi connectivity index (χ1n) is 7.85. The van der Waals surface area contributed by atoms with Crippen LogP contribution in [-0.2, 0) is 11.2 Å². The number of carbonyl (C=O) groups excluding carboxylic acids is 1. The van der Waals surface area contributed by atoms with Crippen molar-refractivity contribution in [3.8, 4) is 6.07 Å². The number of benzene rings is 2. The summed E-state index contributed by atoms with van der Waals surface area (Å²) >= 11 is 0. The van der Waals surface area contributed by atoms with Gasteiger partial charge in [-0.1, -0.05) is 30.3 Å². The molecule has 116 valence electrons. The van der Waals surface area contributed by atoms with E-state index >= 15 is 0 Å². The lowest BCUT2D eigenvalue weighted by Gasteiger charge is -2.35. The van der Waals surface area contributed by atoms with Crippen LogP contribution in [0.4, 0.5) is 11.4 Å². The third kappa shape index (κ3) is 3.04. The molecule has 0 radical (unpaired) electrons. The summed E-state index contributed by atoms with van der Waals surface area (Å²) in [4.78, 5) is 14.8. The third-order valence-corrected chi connectivity index (χ3v) is 4.30. The van der Waals surface area contributed by atoms with E-state index in [2.05, 4.69) is 28.4 Å². The number of fused-ring (bicyclic) bond motifs is 1. The van der Waals surface area contributed by atoms with Crippen LogP contribution in [0.2, 0.25) is 0 Å². The van der Waals surface area contributed by atoms with Gasteiger partial charge in [-0.25, -0.2) is 0 Å². The number of aryl methyl sites for hydroxylation is 1. The lowest BCUT2D eigenvalue weighted by atomic mass is 10.00. The molecule has 3 rings (SSSR count). The highest BCUT2D eigenvalue weighted by atomic mass is 16.2. The van der Waals surface area contributed by atoms with E-state index in [1.807, 2.05) is 25.1 Å². The van der Waals surface area contributed by atoms with E-state index in [4.69, 9.17) is 5.26 Å². The van der Waals surface area contributed by atoms with Crippen molar-refractivity contribution in [2.75, 3.05) is 16.8 Å². The van der Waals surface area contributed by atoms with Gasteiger partial charge in [0.1, 0.15) is 12.1 Å². The molecule has 0 bridgehead atoms. The molecule has 1 aliphatic heterocycles. The minimum Gasteiger partial charge on any atom is -0.360 e. The molecule has 0 saturated heterocycles. The number of nitriles is 1. The monoisotopic (exact) mass is 305 g/mol. The van der Waals surface area contributed by atoms with Crippen LogP contribution in [0, 0.1) is 11.3 Å². The Morgan fingerprint density at radius 3 is 2.78 bits per heavy atom. The summed E-state index contributed by atoms with van der Waals surface area (Å²) in [7, 11) is 0. The van der Waals surface area contributed by atoms with E-state index < -0.39 is 0 Å². The maximum absolute atomic E-state index is 12.6. The average Bonchev–Trinajstić information content (AvgIpc) is 2.61. The Bertz CT molecular complexity index is 763. The van der Waals surface area contributed by atoms with Gasteiger partial charge in [-0.05, 0) is 43.5 Å². The maximum Gasteiger partial charge on any atom is 0.246 e. The van der Waals surface area contributed by atoms with Crippen molar-refractivity contribution in [1.29, 1.82) is 5.26 Å². The smallest absolute Gasteiger partial charge is 0.246 e. The van der Waals surface area contributed by atoms with E-state index in [-0.39, 0.29) is 11.9 Å². The lowest BCUT2D eigenvalue weighted by Crippen LogP contribution is -2.44. The van der Waals surface area contributed by atoms with Crippen LogP contribution < -0.4 is 10.2 Å². The SMILES string of the molecule is C[C@@H](C(=O)Nc1ccccc1C#N)N1CCCc2ccccc21. The standard InChI is InChI=1S/C19H19N3O/c1-14(19(23)21-17-10-4-2-8-16(17)13-20)22-12-6-9-15-7-3-5-11-18(15)22/h2-5,7-8,10-11,14H,6,9,12H2,1H3,(H,21,23)/t14-/m0/s1. The van der Waals surface area contributed by atoms with Gasteiger partial charge in [0.2, 0.25) is 5.91 Å². The highest BCUT2D eigenvalue weighted by Crippen LogP contribution is 2.28. The van der Waals surface area contributed by atoms with Gasteiger partial charge in [-0.2, -0.15) is 5.26 Å². The largest absolute Gasteiger partial charge is 0.360 e. The highest BCUT2D eigenvalue weighted by Gasteiger charge is 2.26. The number of carbonyl (C=O) groups is 1. The number of hydrogen-bond acceptors (Lipinski definition) is 3. The van der Waals surface area contributed by atoms with Crippen LogP contribution in [0.1, 0.15) is 24.5 Å². The number of nitrogens with zero attached hydrogens (tertiary/aromatic N) is 2. The van der Waals surface area contributed by atoms with E-state index in [0.717, 1.165) is 25.1 Å². The number of amides is 1. The van der Waals surface area contributed by atoms with Crippen LogP contribution in [0.15, 0.2) is 48.5 Å².